The predicted molar refractivity (Wildman–Crippen MR) is 143 cm³/mol. The van der Waals surface area contributed by atoms with Crippen molar-refractivity contribution in [2.45, 2.75) is 39.3 Å². The van der Waals surface area contributed by atoms with Gasteiger partial charge in [0, 0.05) is 38.8 Å². The van der Waals surface area contributed by atoms with Crippen LogP contribution in [0.25, 0.3) is 0 Å². The van der Waals surface area contributed by atoms with Crippen molar-refractivity contribution in [1.29, 1.82) is 0 Å². The van der Waals surface area contributed by atoms with Crippen LogP contribution in [0.5, 0.6) is 0 Å². The lowest BCUT2D eigenvalue weighted by atomic mass is 9.99. The molecule has 1 saturated heterocycles. The van der Waals surface area contributed by atoms with Crippen LogP contribution in [-0.2, 0) is 19.5 Å². The molecule has 5 rings (SSSR count). The molecule has 0 unspecified atom stereocenters. The average molecular weight is 491 g/mol. The number of anilines is 3. The lowest BCUT2D eigenvalue weighted by Crippen LogP contribution is -2.35. The Morgan fingerprint density at radius 1 is 0.971 bits per heavy atom. The molecule has 1 aromatic heterocycles. The zero-order chi connectivity index (χ0) is 24.2. The van der Waals surface area contributed by atoms with Crippen LogP contribution in [0.4, 0.5) is 22.0 Å². The van der Waals surface area contributed by atoms with Gasteiger partial charge in [-0.3, -0.25) is 0 Å². The van der Waals surface area contributed by atoms with Gasteiger partial charge in [-0.2, -0.15) is 9.97 Å². The van der Waals surface area contributed by atoms with Crippen molar-refractivity contribution in [2.24, 2.45) is 5.92 Å². The van der Waals surface area contributed by atoms with E-state index in [1.807, 2.05) is 0 Å². The Hall–Kier alpha value is -3.26. The van der Waals surface area contributed by atoms with Gasteiger partial charge in [0.25, 0.3) is 0 Å². The first kappa shape index (κ1) is 23.5. The molecule has 0 spiro atoms. The Morgan fingerprint density at radius 3 is 2.40 bits per heavy atom. The van der Waals surface area contributed by atoms with E-state index in [-0.39, 0.29) is 5.82 Å². The maximum atomic E-state index is 13.2. The molecule has 1 fully saturated rings. The number of piperidine rings is 1. The Morgan fingerprint density at radius 2 is 1.66 bits per heavy atom. The number of hydrogen-bond donors (Lipinski definition) is 2. The van der Waals surface area contributed by atoms with Crippen LogP contribution in [0, 0.1) is 11.7 Å². The van der Waals surface area contributed by atoms with Gasteiger partial charge in [-0.05, 0) is 66.2 Å². The van der Waals surface area contributed by atoms with Gasteiger partial charge in [0.2, 0.25) is 5.95 Å². The summed E-state index contributed by atoms with van der Waals surface area (Å²) in [5.74, 6) is 2.83. The maximum Gasteiger partial charge on any atom is 0.232 e. The summed E-state index contributed by atoms with van der Waals surface area (Å²) in [4.78, 5) is 14.3. The third kappa shape index (κ3) is 5.88. The van der Waals surface area contributed by atoms with E-state index in [4.69, 9.17) is 22.2 Å². The number of nitrogens with one attached hydrogen (secondary N) is 2. The summed E-state index contributed by atoms with van der Waals surface area (Å²) in [6, 6.07) is 17.1. The molecule has 0 atom stereocenters. The Bertz CT molecular complexity index is 1180. The number of thiocarbonyl (C=S) groups is 1. The molecule has 3 aromatic rings. The third-order valence-corrected chi connectivity index (χ3v) is 7.10. The van der Waals surface area contributed by atoms with Crippen molar-refractivity contribution in [1.82, 2.24) is 15.3 Å². The highest BCUT2D eigenvalue weighted by Gasteiger charge is 2.22. The third-order valence-electron chi connectivity index (χ3n) is 6.85. The fourth-order valence-corrected chi connectivity index (χ4v) is 4.82. The second kappa shape index (κ2) is 10.6. The summed E-state index contributed by atoms with van der Waals surface area (Å²) < 4.78 is 13.2. The minimum atomic E-state index is -0.250. The normalized spacial score (nSPS) is 16.1. The van der Waals surface area contributed by atoms with Gasteiger partial charge < -0.3 is 20.4 Å². The highest BCUT2D eigenvalue weighted by molar-refractivity contribution is 7.80. The molecular weight excluding hydrogens is 459 g/mol. The number of rotatable bonds is 5. The molecule has 35 heavy (non-hydrogen) atoms. The fourth-order valence-electron chi connectivity index (χ4n) is 4.66. The van der Waals surface area contributed by atoms with Crippen molar-refractivity contribution in [3.8, 4) is 0 Å². The summed E-state index contributed by atoms with van der Waals surface area (Å²) >= 11 is 5.52. The number of aromatic nitrogens is 2. The number of nitrogens with zero attached hydrogens (tertiary/aromatic N) is 4. The summed E-state index contributed by atoms with van der Waals surface area (Å²) in [5, 5.41) is 6.79. The predicted octanol–water partition coefficient (Wildman–Crippen LogP) is 4.90. The summed E-state index contributed by atoms with van der Waals surface area (Å²) in [6.45, 7) is 6.53. The lowest BCUT2D eigenvalue weighted by molar-refractivity contribution is 0.436. The van der Waals surface area contributed by atoms with Crippen molar-refractivity contribution in [2.75, 3.05) is 34.8 Å². The second-order valence-electron chi connectivity index (χ2n) is 9.45. The Balaban J connectivity index is 1.34. The molecule has 2 aliphatic rings. The number of hydrogen-bond acceptors (Lipinski definition) is 5. The van der Waals surface area contributed by atoms with E-state index in [0.29, 0.717) is 17.6 Å². The number of halogens is 1. The highest BCUT2D eigenvalue weighted by Crippen LogP contribution is 2.29. The molecule has 6 nitrogen and oxygen atoms in total. The smallest absolute Gasteiger partial charge is 0.232 e. The van der Waals surface area contributed by atoms with E-state index in [0.717, 1.165) is 68.6 Å². The molecule has 182 valence electrons. The highest BCUT2D eigenvalue weighted by atomic mass is 32.1. The second-order valence-corrected chi connectivity index (χ2v) is 9.86. The van der Waals surface area contributed by atoms with Crippen LogP contribution in [0.1, 0.15) is 36.5 Å². The van der Waals surface area contributed by atoms with Gasteiger partial charge in [-0.25, -0.2) is 4.39 Å². The standard InChI is InChI=1S/C27H31FN6S/c1-19-10-13-33(14-11-19)24-16-25(34-15-12-21-4-2-3-5-22(21)18-34)31-26(30-24)32-27(35)29-17-20-6-8-23(28)9-7-20/h2-9,16,19H,10-15,17-18H2,1H3,(H2,29,30,31,32,35). The first-order chi connectivity index (χ1) is 17.0. The molecule has 2 aromatic carbocycles. The van der Waals surface area contributed by atoms with Gasteiger partial charge in [-0.15, -0.1) is 0 Å². The fraction of sp³-hybridized carbons (Fsp3) is 0.370. The minimum Gasteiger partial charge on any atom is -0.358 e. The first-order valence-electron chi connectivity index (χ1n) is 12.3. The molecule has 0 aliphatic carbocycles. The van der Waals surface area contributed by atoms with Crippen molar-refractivity contribution in [3.05, 3.63) is 77.1 Å². The molecule has 0 amide bonds. The molecule has 2 aliphatic heterocycles. The number of benzene rings is 2. The topological polar surface area (TPSA) is 56.3 Å². The van der Waals surface area contributed by atoms with Crippen LogP contribution in [0.15, 0.2) is 54.6 Å². The zero-order valence-electron chi connectivity index (χ0n) is 20.0. The minimum absolute atomic E-state index is 0.250. The van der Waals surface area contributed by atoms with Crippen LogP contribution >= 0.6 is 12.2 Å². The van der Waals surface area contributed by atoms with E-state index in [1.54, 1.807) is 12.1 Å². The van der Waals surface area contributed by atoms with E-state index >= 15 is 0 Å². The Kier molecular flexibility index (Phi) is 7.08. The molecule has 0 saturated carbocycles. The Labute approximate surface area is 211 Å². The quantitative estimate of drug-likeness (QED) is 0.493. The van der Waals surface area contributed by atoms with E-state index in [2.05, 4.69) is 57.7 Å². The molecule has 0 radical (unpaired) electrons. The zero-order valence-corrected chi connectivity index (χ0v) is 20.8. The van der Waals surface area contributed by atoms with Crippen LogP contribution in [0.3, 0.4) is 0 Å². The monoisotopic (exact) mass is 490 g/mol. The molecule has 2 N–H and O–H groups in total. The van der Waals surface area contributed by atoms with Gasteiger partial charge in [0.05, 0.1) is 0 Å². The molecule has 8 heteroatoms. The van der Waals surface area contributed by atoms with Crippen LogP contribution in [-0.4, -0.2) is 34.7 Å². The van der Waals surface area contributed by atoms with E-state index in [1.165, 1.54) is 23.3 Å². The SMILES string of the molecule is CC1CCN(c2cc(N3CCc4ccccc4C3)nc(NC(=S)NCc3ccc(F)cc3)n2)CC1. The largest absolute Gasteiger partial charge is 0.358 e. The van der Waals surface area contributed by atoms with Gasteiger partial charge in [0.1, 0.15) is 17.5 Å². The van der Waals surface area contributed by atoms with Crippen LogP contribution in [0.2, 0.25) is 0 Å². The van der Waals surface area contributed by atoms with E-state index in [9.17, 15) is 4.39 Å². The van der Waals surface area contributed by atoms with Gasteiger partial charge in [0.15, 0.2) is 5.11 Å². The van der Waals surface area contributed by atoms with Gasteiger partial charge >= 0.3 is 0 Å². The van der Waals surface area contributed by atoms with Crippen molar-refractivity contribution in [3.63, 3.8) is 0 Å². The molecule has 0 bridgehead atoms. The van der Waals surface area contributed by atoms with Crippen molar-refractivity contribution >= 4 is 34.9 Å². The average Bonchev–Trinajstić information content (AvgIpc) is 2.88. The van der Waals surface area contributed by atoms with Crippen molar-refractivity contribution < 1.29 is 4.39 Å². The maximum absolute atomic E-state index is 13.2. The van der Waals surface area contributed by atoms with E-state index < -0.39 is 0 Å². The first-order valence-corrected chi connectivity index (χ1v) is 12.7. The molecule has 3 heterocycles. The summed E-state index contributed by atoms with van der Waals surface area (Å²) in [5.41, 5.74) is 3.70. The number of fused-ring (bicyclic) bond motifs is 1. The lowest BCUT2D eigenvalue weighted by Gasteiger charge is -2.33. The summed E-state index contributed by atoms with van der Waals surface area (Å²) in [6.07, 6.45) is 3.32. The summed E-state index contributed by atoms with van der Waals surface area (Å²) in [7, 11) is 0. The van der Waals surface area contributed by atoms with Gasteiger partial charge in [-0.1, -0.05) is 43.3 Å². The molecular formula is C27H31FN6S. The van der Waals surface area contributed by atoms with Crippen LogP contribution < -0.4 is 20.4 Å².